The van der Waals surface area contributed by atoms with Crippen molar-refractivity contribution < 1.29 is 18.1 Å². The van der Waals surface area contributed by atoms with Crippen molar-refractivity contribution in [2.75, 3.05) is 25.5 Å². The second-order valence-corrected chi connectivity index (χ2v) is 7.78. The van der Waals surface area contributed by atoms with Crippen LogP contribution in [-0.2, 0) is 10.0 Å². The molecule has 8 nitrogen and oxygen atoms in total. The van der Waals surface area contributed by atoms with Crippen LogP contribution < -0.4 is 14.8 Å². The SMILES string of the molecule is CNS(=O)(=O)c1ccc(NCC2CCOc3ccccc32)c([N+](=O)[O-])c1. The highest BCUT2D eigenvalue weighted by atomic mass is 32.2. The van der Waals surface area contributed by atoms with E-state index in [0.29, 0.717) is 13.2 Å². The third-order valence-electron chi connectivity index (χ3n) is 4.37. The van der Waals surface area contributed by atoms with E-state index in [4.69, 9.17) is 4.74 Å². The summed E-state index contributed by atoms with van der Waals surface area (Å²) in [5.74, 6) is 0.982. The third-order valence-corrected chi connectivity index (χ3v) is 5.78. The highest BCUT2D eigenvalue weighted by Crippen LogP contribution is 2.34. The van der Waals surface area contributed by atoms with Crippen molar-refractivity contribution in [1.29, 1.82) is 0 Å². The number of sulfonamides is 1. The molecule has 0 aliphatic carbocycles. The van der Waals surface area contributed by atoms with Gasteiger partial charge < -0.3 is 10.1 Å². The molecular formula is C17H19N3O5S. The number of nitro benzene ring substituents is 1. The van der Waals surface area contributed by atoms with Crippen LogP contribution in [0, 0.1) is 10.1 Å². The van der Waals surface area contributed by atoms with Crippen LogP contribution >= 0.6 is 0 Å². The van der Waals surface area contributed by atoms with Crippen molar-refractivity contribution in [2.24, 2.45) is 0 Å². The Bertz CT molecular complexity index is 930. The fourth-order valence-electron chi connectivity index (χ4n) is 2.96. The molecule has 0 bridgehead atoms. The first-order valence-electron chi connectivity index (χ1n) is 8.10. The van der Waals surface area contributed by atoms with E-state index in [9.17, 15) is 18.5 Å². The van der Waals surface area contributed by atoms with E-state index in [2.05, 4.69) is 10.0 Å². The van der Waals surface area contributed by atoms with Crippen LogP contribution in [-0.4, -0.2) is 33.5 Å². The number of hydrogen-bond donors (Lipinski definition) is 2. The number of fused-ring (bicyclic) bond motifs is 1. The molecule has 0 saturated carbocycles. The summed E-state index contributed by atoms with van der Waals surface area (Å²) in [6.07, 6.45) is 0.796. The minimum Gasteiger partial charge on any atom is -0.493 e. The van der Waals surface area contributed by atoms with Gasteiger partial charge in [0.2, 0.25) is 10.0 Å². The molecule has 3 rings (SSSR count). The van der Waals surface area contributed by atoms with Crippen LogP contribution in [0.5, 0.6) is 5.75 Å². The lowest BCUT2D eigenvalue weighted by atomic mass is 9.93. The fourth-order valence-corrected chi connectivity index (χ4v) is 3.71. The highest BCUT2D eigenvalue weighted by Gasteiger charge is 2.24. The van der Waals surface area contributed by atoms with E-state index in [1.807, 2.05) is 24.3 Å². The maximum absolute atomic E-state index is 11.9. The van der Waals surface area contributed by atoms with Crippen LogP contribution in [0.3, 0.4) is 0 Å². The fraction of sp³-hybridized carbons (Fsp3) is 0.294. The van der Waals surface area contributed by atoms with Crippen molar-refractivity contribution in [3.63, 3.8) is 0 Å². The molecule has 0 amide bonds. The third kappa shape index (κ3) is 3.63. The number of para-hydroxylation sites is 1. The Kier molecular flexibility index (Phi) is 5.10. The Morgan fingerprint density at radius 3 is 2.77 bits per heavy atom. The summed E-state index contributed by atoms with van der Waals surface area (Å²) in [5.41, 5.74) is 1.07. The molecule has 0 saturated heterocycles. The van der Waals surface area contributed by atoms with E-state index in [0.717, 1.165) is 23.8 Å². The number of benzene rings is 2. The Morgan fingerprint density at radius 1 is 1.27 bits per heavy atom. The van der Waals surface area contributed by atoms with E-state index < -0.39 is 14.9 Å². The maximum Gasteiger partial charge on any atom is 0.293 e. The first-order valence-corrected chi connectivity index (χ1v) is 9.58. The van der Waals surface area contributed by atoms with Gasteiger partial charge in [0.05, 0.1) is 16.4 Å². The van der Waals surface area contributed by atoms with Gasteiger partial charge in [0.25, 0.3) is 5.69 Å². The molecule has 26 heavy (non-hydrogen) atoms. The lowest BCUT2D eigenvalue weighted by Crippen LogP contribution is -2.21. The number of nitrogens with one attached hydrogen (secondary N) is 2. The van der Waals surface area contributed by atoms with Crippen LogP contribution in [0.15, 0.2) is 47.4 Å². The molecule has 138 valence electrons. The predicted molar refractivity (Wildman–Crippen MR) is 97.1 cm³/mol. The zero-order chi connectivity index (χ0) is 18.7. The zero-order valence-corrected chi connectivity index (χ0v) is 15.0. The van der Waals surface area contributed by atoms with Crippen molar-refractivity contribution in [1.82, 2.24) is 4.72 Å². The van der Waals surface area contributed by atoms with Crippen LogP contribution in [0.2, 0.25) is 0 Å². The lowest BCUT2D eigenvalue weighted by molar-refractivity contribution is -0.384. The largest absolute Gasteiger partial charge is 0.493 e. The molecule has 2 aromatic rings. The maximum atomic E-state index is 11.9. The average molecular weight is 377 g/mol. The van der Waals surface area contributed by atoms with Gasteiger partial charge in [-0.1, -0.05) is 18.2 Å². The second kappa shape index (κ2) is 7.30. The Hall–Kier alpha value is -2.65. The molecule has 0 fully saturated rings. The summed E-state index contributed by atoms with van der Waals surface area (Å²) < 4.78 is 31.5. The number of rotatable bonds is 6. The topological polar surface area (TPSA) is 111 Å². The van der Waals surface area contributed by atoms with Crippen molar-refractivity contribution >= 4 is 21.4 Å². The van der Waals surface area contributed by atoms with Gasteiger partial charge in [-0.05, 0) is 37.2 Å². The van der Waals surface area contributed by atoms with Gasteiger partial charge in [-0.25, -0.2) is 13.1 Å². The first kappa shape index (κ1) is 18.2. The molecule has 0 spiro atoms. The predicted octanol–water partition coefficient (Wildman–Crippen LogP) is 2.48. The van der Waals surface area contributed by atoms with E-state index >= 15 is 0 Å². The standard InChI is InChI=1S/C17H19N3O5S/c1-18-26(23,24)13-6-7-15(16(10-13)20(21)22)19-11-12-8-9-25-17-5-3-2-4-14(12)17/h2-7,10,12,18-19H,8-9,11H2,1H3. The normalized spacial score (nSPS) is 16.4. The van der Waals surface area contributed by atoms with E-state index in [1.54, 1.807) is 0 Å². The van der Waals surface area contributed by atoms with Gasteiger partial charge in [0.15, 0.2) is 0 Å². The van der Waals surface area contributed by atoms with Gasteiger partial charge in [-0.15, -0.1) is 0 Å². The van der Waals surface area contributed by atoms with Crippen molar-refractivity contribution in [2.45, 2.75) is 17.2 Å². The van der Waals surface area contributed by atoms with Gasteiger partial charge in [0.1, 0.15) is 11.4 Å². The molecule has 1 aliphatic rings. The number of hydrogen-bond acceptors (Lipinski definition) is 6. The summed E-state index contributed by atoms with van der Waals surface area (Å²) in [5, 5.41) is 14.5. The molecule has 9 heteroatoms. The molecule has 1 heterocycles. The summed E-state index contributed by atoms with van der Waals surface area (Å²) >= 11 is 0. The number of nitro groups is 1. The minimum atomic E-state index is -3.75. The molecule has 1 atom stereocenters. The van der Waals surface area contributed by atoms with Crippen molar-refractivity contribution in [3.05, 3.63) is 58.1 Å². The molecule has 2 aromatic carbocycles. The monoisotopic (exact) mass is 377 g/mol. The van der Waals surface area contributed by atoms with E-state index in [-0.39, 0.29) is 22.2 Å². The molecule has 0 aromatic heterocycles. The zero-order valence-electron chi connectivity index (χ0n) is 14.1. The summed E-state index contributed by atoms with van der Waals surface area (Å²) in [6.45, 7) is 1.07. The van der Waals surface area contributed by atoms with Gasteiger partial charge in [0, 0.05) is 18.5 Å². The summed E-state index contributed by atoms with van der Waals surface area (Å²) in [6, 6.07) is 11.6. The van der Waals surface area contributed by atoms with Crippen LogP contribution in [0.25, 0.3) is 0 Å². The first-order chi connectivity index (χ1) is 12.4. The quantitative estimate of drug-likeness (QED) is 0.591. The Morgan fingerprint density at radius 2 is 2.04 bits per heavy atom. The Balaban J connectivity index is 1.84. The van der Waals surface area contributed by atoms with Crippen LogP contribution in [0.1, 0.15) is 17.9 Å². The minimum absolute atomic E-state index is 0.145. The Labute approximate surface area is 151 Å². The van der Waals surface area contributed by atoms with Gasteiger partial charge in [-0.3, -0.25) is 10.1 Å². The van der Waals surface area contributed by atoms with E-state index in [1.165, 1.54) is 19.2 Å². The average Bonchev–Trinajstić information content (AvgIpc) is 2.66. The smallest absolute Gasteiger partial charge is 0.293 e. The molecule has 2 N–H and O–H groups in total. The summed E-state index contributed by atoms with van der Waals surface area (Å²) in [7, 11) is -2.49. The summed E-state index contributed by atoms with van der Waals surface area (Å²) in [4.78, 5) is 10.6. The molecule has 0 radical (unpaired) electrons. The number of anilines is 1. The van der Waals surface area contributed by atoms with Gasteiger partial charge >= 0.3 is 0 Å². The van der Waals surface area contributed by atoms with Crippen molar-refractivity contribution in [3.8, 4) is 5.75 Å². The van der Waals surface area contributed by atoms with Gasteiger partial charge in [-0.2, -0.15) is 0 Å². The molecule has 1 unspecified atom stereocenters. The second-order valence-electron chi connectivity index (χ2n) is 5.90. The highest BCUT2D eigenvalue weighted by molar-refractivity contribution is 7.89. The molecule has 1 aliphatic heterocycles. The lowest BCUT2D eigenvalue weighted by Gasteiger charge is -2.26. The number of ether oxygens (including phenoxy) is 1. The van der Waals surface area contributed by atoms with Crippen LogP contribution in [0.4, 0.5) is 11.4 Å². The molecular weight excluding hydrogens is 358 g/mol. The number of nitrogens with zero attached hydrogens (tertiary/aromatic N) is 1.